The summed E-state index contributed by atoms with van der Waals surface area (Å²) >= 11 is 3.90. The highest BCUT2D eigenvalue weighted by atomic mass is 79.9. The molecule has 0 bridgehead atoms. The van der Waals surface area contributed by atoms with Gasteiger partial charge in [0.25, 0.3) is 0 Å². The van der Waals surface area contributed by atoms with Crippen LogP contribution in [0.1, 0.15) is 39.7 Å². The average molecular weight is 618 g/mol. The van der Waals surface area contributed by atoms with Crippen molar-refractivity contribution in [2.75, 3.05) is 42.7 Å². The lowest BCUT2D eigenvalue weighted by molar-refractivity contribution is 0.388. The molecule has 5 rings (SSSR count). The third-order valence-electron chi connectivity index (χ3n) is 7.59. The minimum absolute atomic E-state index is 0.102. The summed E-state index contributed by atoms with van der Waals surface area (Å²) in [7, 11) is 10.0. The second-order valence-electron chi connectivity index (χ2n) is 9.63. The van der Waals surface area contributed by atoms with Gasteiger partial charge in [-0.2, -0.15) is 0 Å². The van der Waals surface area contributed by atoms with Gasteiger partial charge >= 0.3 is 0 Å². The predicted octanol–water partition coefficient (Wildman–Crippen LogP) is 7.97. The predicted molar refractivity (Wildman–Crippen MR) is 165 cm³/mol. The molecular formula is C34H33BrO6. The fourth-order valence-electron chi connectivity index (χ4n) is 5.63. The maximum atomic E-state index is 6.04. The summed E-state index contributed by atoms with van der Waals surface area (Å²) in [5.74, 6) is 4.25. The Morgan fingerprint density at radius 2 is 1.07 bits per heavy atom. The molecule has 1 unspecified atom stereocenters. The van der Waals surface area contributed by atoms with Crippen molar-refractivity contribution in [1.29, 1.82) is 0 Å². The highest BCUT2D eigenvalue weighted by molar-refractivity contribution is 9.10. The topological polar surface area (TPSA) is 55.4 Å². The van der Waals surface area contributed by atoms with Crippen molar-refractivity contribution in [2.45, 2.75) is 11.8 Å². The van der Waals surface area contributed by atoms with E-state index in [1.54, 1.807) is 42.7 Å². The molecule has 0 heterocycles. The summed E-state index contributed by atoms with van der Waals surface area (Å²) in [5.41, 5.74) is 6.40. The van der Waals surface area contributed by atoms with Crippen LogP contribution in [0.25, 0.3) is 11.6 Å². The molecule has 0 amide bonds. The summed E-state index contributed by atoms with van der Waals surface area (Å²) < 4.78 is 35.0. The maximum Gasteiger partial charge on any atom is 0.137 e. The number of halogens is 1. The van der Waals surface area contributed by atoms with Crippen LogP contribution in [0.2, 0.25) is 0 Å². The standard InChI is InChI=1S/C34H33BrO6/c1-36-23-11-7-20(8-12-23)15-27-30(22-16-25(38-3)18-26(17-22)39-4)31(21-9-13-24(37-2)14-10-21)33-28(40-5)19-29(41-6)34(35)32(27)33/h7-19,30-31H,1-6H3/b27-15+/t30-,31?/m1/s1. The van der Waals surface area contributed by atoms with Crippen LogP contribution < -0.4 is 28.4 Å². The Morgan fingerprint density at radius 3 is 1.59 bits per heavy atom. The average Bonchev–Trinajstić information content (AvgIpc) is 3.36. The normalized spacial score (nSPS) is 16.7. The number of hydrogen-bond acceptors (Lipinski definition) is 6. The lowest BCUT2D eigenvalue weighted by Gasteiger charge is -2.25. The number of rotatable bonds is 9. The molecule has 1 aliphatic rings. The highest BCUT2D eigenvalue weighted by Gasteiger charge is 2.43. The summed E-state index contributed by atoms with van der Waals surface area (Å²) in [6.45, 7) is 0. The van der Waals surface area contributed by atoms with Gasteiger partial charge in [-0.05, 0) is 74.6 Å². The van der Waals surface area contributed by atoms with Crippen molar-refractivity contribution in [3.05, 3.63) is 105 Å². The number of benzene rings is 4. The van der Waals surface area contributed by atoms with E-state index in [-0.39, 0.29) is 11.8 Å². The number of fused-ring (bicyclic) bond motifs is 1. The minimum atomic E-state index is -0.123. The third kappa shape index (κ3) is 5.34. The van der Waals surface area contributed by atoms with Crippen LogP contribution in [0, 0.1) is 0 Å². The second-order valence-corrected chi connectivity index (χ2v) is 10.4. The Kier molecular flexibility index (Phi) is 8.45. The van der Waals surface area contributed by atoms with E-state index in [4.69, 9.17) is 28.4 Å². The van der Waals surface area contributed by atoms with Crippen molar-refractivity contribution in [2.24, 2.45) is 0 Å². The van der Waals surface area contributed by atoms with Gasteiger partial charge < -0.3 is 28.4 Å². The smallest absolute Gasteiger partial charge is 0.137 e. The molecule has 0 spiro atoms. The molecule has 0 aromatic heterocycles. The lowest BCUT2D eigenvalue weighted by atomic mass is 9.79. The molecule has 7 heteroatoms. The first kappa shape index (κ1) is 28.4. The molecule has 0 saturated heterocycles. The van der Waals surface area contributed by atoms with E-state index in [1.807, 2.05) is 36.4 Å². The van der Waals surface area contributed by atoms with Crippen LogP contribution in [-0.2, 0) is 0 Å². The monoisotopic (exact) mass is 616 g/mol. The van der Waals surface area contributed by atoms with Crippen LogP contribution in [0.4, 0.5) is 0 Å². The zero-order chi connectivity index (χ0) is 29.1. The Balaban J connectivity index is 1.87. The van der Waals surface area contributed by atoms with Crippen molar-refractivity contribution >= 4 is 27.6 Å². The Morgan fingerprint density at radius 1 is 0.537 bits per heavy atom. The zero-order valence-corrected chi connectivity index (χ0v) is 25.6. The molecule has 4 aromatic rings. The van der Waals surface area contributed by atoms with Crippen LogP contribution >= 0.6 is 15.9 Å². The van der Waals surface area contributed by atoms with Crippen LogP contribution in [0.3, 0.4) is 0 Å². The van der Waals surface area contributed by atoms with Gasteiger partial charge in [0, 0.05) is 35.1 Å². The van der Waals surface area contributed by atoms with Crippen molar-refractivity contribution in [1.82, 2.24) is 0 Å². The van der Waals surface area contributed by atoms with E-state index in [9.17, 15) is 0 Å². The van der Waals surface area contributed by atoms with Gasteiger partial charge in [-0.3, -0.25) is 0 Å². The first-order chi connectivity index (χ1) is 20.0. The van der Waals surface area contributed by atoms with Gasteiger partial charge in [0.2, 0.25) is 0 Å². The number of allylic oxidation sites excluding steroid dienone is 1. The minimum Gasteiger partial charge on any atom is -0.497 e. The molecule has 0 fully saturated rings. The second kappa shape index (κ2) is 12.2. The Bertz CT molecular complexity index is 1540. The Hall–Kier alpha value is -4.10. The fourth-order valence-corrected chi connectivity index (χ4v) is 6.35. The first-order valence-electron chi connectivity index (χ1n) is 13.1. The van der Waals surface area contributed by atoms with Gasteiger partial charge in [0.1, 0.15) is 34.5 Å². The lowest BCUT2D eigenvalue weighted by Crippen LogP contribution is -2.09. The number of methoxy groups -OCH3 is 6. The number of hydrogen-bond donors (Lipinski definition) is 0. The maximum absolute atomic E-state index is 6.04. The van der Waals surface area contributed by atoms with E-state index >= 15 is 0 Å². The quantitative estimate of drug-likeness (QED) is 0.190. The molecule has 0 aliphatic heterocycles. The first-order valence-corrected chi connectivity index (χ1v) is 13.9. The molecule has 0 N–H and O–H groups in total. The highest BCUT2D eigenvalue weighted by Crippen LogP contribution is 2.61. The molecule has 0 saturated carbocycles. The summed E-state index contributed by atoms with van der Waals surface area (Å²) in [6.07, 6.45) is 2.22. The van der Waals surface area contributed by atoms with E-state index in [0.29, 0.717) is 5.75 Å². The fraction of sp³-hybridized carbons (Fsp3) is 0.235. The van der Waals surface area contributed by atoms with Gasteiger partial charge in [0.15, 0.2) is 0 Å². The van der Waals surface area contributed by atoms with Gasteiger partial charge in [-0.15, -0.1) is 0 Å². The van der Waals surface area contributed by atoms with Crippen molar-refractivity contribution < 1.29 is 28.4 Å². The van der Waals surface area contributed by atoms with Gasteiger partial charge in [0.05, 0.1) is 47.1 Å². The van der Waals surface area contributed by atoms with E-state index in [2.05, 4.69) is 58.4 Å². The summed E-state index contributed by atoms with van der Waals surface area (Å²) in [4.78, 5) is 0. The SMILES string of the molecule is COc1ccc(/C=C2/c3c(Br)c(OC)cc(OC)c3C(c3ccc(OC)cc3)[C@@H]2c2cc(OC)cc(OC)c2)cc1. The Labute approximate surface area is 249 Å². The van der Waals surface area contributed by atoms with E-state index in [0.717, 1.165) is 66.6 Å². The van der Waals surface area contributed by atoms with Crippen molar-refractivity contribution in [3.8, 4) is 34.5 Å². The molecule has 41 heavy (non-hydrogen) atoms. The summed E-state index contributed by atoms with van der Waals surface area (Å²) in [6, 6.07) is 24.3. The molecule has 6 nitrogen and oxygen atoms in total. The van der Waals surface area contributed by atoms with E-state index in [1.165, 1.54) is 0 Å². The van der Waals surface area contributed by atoms with Gasteiger partial charge in [-0.25, -0.2) is 0 Å². The molecule has 1 aliphatic carbocycles. The van der Waals surface area contributed by atoms with Crippen molar-refractivity contribution in [3.63, 3.8) is 0 Å². The molecule has 4 aromatic carbocycles. The van der Waals surface area contributed by atoms with Crippen LogP contribution in [-0.4, -0.2) is 42.7 Å². The molecular weight excluding hydrogens is 584 g/mol. The summed E-state index contributed by atoms with van der Waals surface area (Å²) in [5, 5.41) is 0. The van der Waals surface area contributed by atoms with Crippen LogP contribution in [0.5, 0.6) is 34.5 Å². The number of ether oxygens (including phenoxy) is 6. The van der Waals surface area contributed by atoms with Crippen LogP contribution in [0.15, 0.2) is 77.3 Å². The van der Waals surface area contributed by atoms with Gasteiger partial charge in [-0.1, -0.05) is 30.3 Å². The molecule has 0 radical (unpaired) electrons. The molecule has 2 atom stereocenters. The molecule has 212 valence electrons. The largest absolute Gasteiger partial charge is 0.497 e. The zero-order valence-electron chi connectivity index (χ0n) is 24.0. The van der Waals surface area contributed by atoms with E-state index < -0.39 is 0 Å². The third-order valence-corrected chi connectivity index (χ3v) is 8.37.